The largest absolute Gasteiger partial charge is 0.289 e. The molecule has 0 spiro atoms. The predicted molar refractivity (Wildman–Crippen MR) is 22.0 cm³/mol. The molecule has 5 nitrogen and oxygen atoms in total. The minimum absolute atomic E-state index is 1.01. The molecule has 0 amide bonds. The molecule has 0 bridgehead atoms. The second-order valence-electron chi connectivity index (χ2n) is 0.919. The van der Waals surface area contributed by atoms with Crippen LogP contribution in [0.25, 0.3) is 0 Å². The van der Waals surface area contributed by atoms with Gasteiger partial charge >= 0.3 is 0 Å². The summed E-state index contributed by atoms with van der Waals surface area (Å²) in [5, 5.41) is 16.5. The molecule has 1 aromatic rings. The van der Waals surface area contributed by atoms with Crippen LogP contribution in [0.3, 0.4) is 0 Å². The highest BCUT2D eigenvalue weighted by atomic mass is 15.5. The fourth-order valence-electron chi connectivity index (χ4n) is 0.228. The van der Waals surface area contributed by atoms with Crippen molar-refractivity contribution in [2.24, 2.45) is 0 Å². The highest BCUT2D eigenvalue weighted by molar-refractivity contribution is 5.51. The molecule has 0 saturated carbocycles. The van der Waals surface area contributed by atoms with E-state index in [2.05, 4.69) is 15.5 Å². The van der Waals surface area contributed by atoms with E-state index in [0.717, 1.165) is 6.34 Å². The Balaban J connectivity index is 2.96. The Kier molecular flexibility index (Phi) is 0.816. The lowest BCUT2D eigenvalue weighted by Crippen LogP contribution is -1.92. The third-order valence-corrected chi connectivity index (χ3v) is 0.497. The number of tetrazole rings is 1. The van der Waals surface area contributed by atoms with Crippen LogP contribution in [0.5, 0.6) is 0 Å². The van der Waals surface area contributed by atoms with E-state index >= 15 is 0 Å². The highest BCUT2D eigenvalue weighted by Gasteiger charge is 1.77. The summed E-state index contributed by atoms with van der Waals surface area (Å²) in [6, 6.07) is 0. The van der Waals surface area contributed by atoms with Crippen molar-refractivity contribution in [2.75, 3.05) is 0 Å². The smallest absolute Gasteiger partial charge is 0.144 e. The Hall–Kier alpha value is -1.26. The van der Waals surface area contributed by atoms with Crippen LogP contribution in [0.1, 0.15) is 0 Å². The molecular weight excluding hydrogens is 94.1 g/mol. The van der Waals surface area contributed by atoms with Gasteiger partial charge in [0, 0.05) is 0 Å². The van der Waals surface area contributed by atoms with Gasteiger partial charge in [-0.2, -0.15) is 4.68 Å². The fraction of sp³-hybridized carbons (Fsp3) is 0. The van der Waals surface area contributed by atoms with Gasteiger partial charge in [0.15, 0.2) is 0 Å². The van der Waals surface area contributed by atoms with Crippen LogP contribution in [-0.4, -0.2) is 26.5 Å². The van der Waals surface area contributed by atoms with Crippen molar-refractivity contribution in [3.8, 4) is 0 Å². The first-order valence-corrected chi connectivity index (χ1v) is 1.66. The minimum atomic E-state index is 1.01. The summed E-state index contributed by atoms with van der Waals surface area (Å²) >= 11 is 0. The van der Waals surface area contributed by atoms with Gasteiger partial charge in [-0.05, 0) is 10.4 Å². The lowest BCUT2D eigenvalue weighted by molar-refractivity contribution is 0.827. The van der Waals surface area contributed by atoms with Gasteiger partial charge in [-0.25, -0.2) is 0 Å². The van der Waals surface area contributed by atoms with Gasteiger partial charge in [0.1, 0.15) is 12.7 Å². The van der Waals surface area contributed by atoms with Gasteiger partial charge in [0.2, 0.25) is 0 Å². The Morgan fingerprint density at radius 2 is 2.57 bits per heavy atom. The van der Waals surface area contributed by atoms with Crippen molar-refractivity contribution in [3.05, 3.63) is 6.33 Å². The molecule has 0 radical (unpaired) electrons. The van der Waals surface area contributed by atoms with E-state index in [9.17, 15) is 0 Å². The third kappa shape index (κ3) is 0.594. The third-order valence-electron chi connectivity index (χ3n) is 0.497. The average Bonchev–Trinajstić information content (AvgIpc) is 2.14. The Bertz CT molecular complexity index is 141. The van der Waals surface area contributed by atoms with E-state index in [-0.39, 0.29) is 0 Å². The van der Waals surface area contributed by atoms with E-state index < -0.39 is 0 Å². The van der Waals surface area contributed by atoms with E-state index in [0.29, 0.717) is 0 Å². The Labute approximate surface area is 39.5 Å². The molecule has 0 atom stereocenters. The fourth-order valence-corrected chi connectivity index (χ4v) is 0.228. The topological polar surface area (TPSA) is 67.5 Å². The molecule has 0 fully saturated rings. The van der Waals surface area contributed by atoms with E-state index in [1.54, 1.807) is 0 Å². The molecule has 0 aliphatic rings. The van der Waals surface area contributed by atoms with Crippen LogP contribution in [-0.2, 0) is 0 Å². The van der Waals surface area contributed by atoms with Gasteiger partial charge in [-0.15, -0.1) is 5.10 Å². The number of rotatable bonds is 1. The Morgan fingerprint density at radius 1 is 1.71 bits per heavy atom. The van der Waals surface area contributed by atoms with Gasteiger partial charge in [0.25, 0.3) is 0 Å². The predicted octanol–water partition coefficient (Wildman–Crippen LogP) is -0.872. The van der Waals surface area contributed by atoms with Crippen LogP contribution in [0.2, 0.25) is 0 Å². The van der Waals surface area contributed by atoms with Crippen LogP contribution in [0.15, 0.2) is 6.33 Å². The van der Waals surface area contributed by atoms with Crippen LogP contribution in [0, 0.1) is 5.41 Å². The maximum absolute atomic E-state index is 6.56. The SMILES string of the molecule is N=Cn1cnnn1. The highest BCUT2D eigenvalue weighted by Crippen LogP contribution is 1.60. The summed E-state index contributed by atoms with van der Waals surface area (Å²) in [5.74, 6) is 0. The summed E-state index contributed by atoms with van der Waals surface area (Å²) in [6.45, 7) is 0. The summed E-state index contributed by atoms with van der Waals surface area (Å²) in [6.07, 6.45) is 2.35. The summed E-state index contributed by atoms with van der Waals surface area (Å²) in [5.41, 5.74) is 0. The van der Waals surface area contributed by atoms with Gasteiger partial charge in [-0.1, -0.05) is 0 Å². The maximum atomic E-state index is 6.56. The molecule has 1 aromatic heterocycles. The Morgan fingerprint density at radius 3 is 2.86 bits per heavy atom. The van der Waals surface area contributed by atoms with E-state index in [4.69, 9.17) is 5.41 Å². The maximum Gasteiger partial charge on any atom is 0.144 e. The summed E-state index contributed by atoms with van der Waals surface area (Å²) in [4.78, 5) is 0. The van der Waals surface area contributed by atoms with Crippen molar-refractivity contribution >= 4 is 6.34 Å². The molecule has 0 aliphatic heterocycles. The number of nitrogens with zero attached hydrogens (tertiary/aromatic N) is 4. The molecular formula is C2H3N5. The number of nitrogens with one attached hydrogen (secondary N) is 1. The molecule has 0 saturated heterocycles. The molecule has 0 unspecified atom stereocenters. The first kappa shape index (κ1) is 3.91. The van der Waals surface area contributed by atoms with Crippen molar-refractivity contribution in [3.63, 3.8) is 0 Å². The lowest BCUT2D eigenvalue weighted by Gasteiger charge is -1.74. The molecule has 1 rings (SSSR count). The summed E-state index contributed by atoms with van der Waals surface area (Å²) in [7, 11) is 0. The molecule has 1 heterocycles. The first-order valence-electron chi connectivity index (χ1n) is 1.66. The second-order valence-corrected chi connectivity index (χ2v) is 0.919. The second kappa shape index (κ2) is 1.46. The van der Waals surface area contributed by atoms with Gasteiger partial charge in [0.05, 0.1) is 0 Å². The van der Waals surface area contributed by atoms with Crippen molar-refractivity contribution in [1.29, 1.82) is 5.41 Å². The number of aromatic nitrogens is 4. The van der Waals surface area contributed by atoms with E-state index in [1.807, 2.05) is 0 Å². The van der Waals surface area contributed by atoms with Crippen LogP contribution >= 0.6 is 0 Å². The van der Waals surface area contributed by atoms with Crippen molar-refractivity contribution in [1.82, 2.24) is 20.2 Å². The number of hydrogen-bond donors (Lipinski definition) is 1. The first-order chi connectivity index (χ1) is 3.43. The molecule has 1 N–H and O–H groups in total. The monoisotopic (exact) mass is 97.0 g/mol. The van der Waals surface area contributed by atoms with Crippen LogP contribution < -0.4 is 0 Å². The zero-order valence-corrected chi connectivity index (χ0v) is 3.44. The normalized spacial score (nSPS) is 8.57. The molecule has 5 heteroatoms. The average molecular weight is 97.1 g/mol. The standard InChI is InChI=1S/C2H3N5/c3-1-7-2-4-5-6-7/h1-3H. The van der Waals surface area contributed by atoms with Gasteiger partial charge < -0.3 is 0 Å². The van der Waals surface area contributed by atoms with Crippen LogP contribution in [0.4, 0.5) is 0 Å². The van der Waals surface area contributed by atoms with Gasteiger partial charge in [-0.3, -0.25) is 5.41 Å². The minimum Gasteiger partial charge on any atom is -0.289 e. The molecule has 7 heavy (non-hydrogen) atoms. The summed E-state index contributed by atoms with van der Waals surface area (Å²) < 4.78 is 1.19. The molecule has 0 aliphatic carbocycles. The van der Waals surface area contributed by atoms with Crippen molar-refractivity contribution in [2.45, 2.75) is 0 Å². The zero-order chi connectivity index (χ0) is 5.11. The van der Waals surface area contributed by atoms with Crippen molar-refractivity contribution < 1.29 is 0 Å². The molecule has 0 aromatic carbocycles. The lowest BCUT2D eigenvalue weighted by atomic mass is 11.2. The molecule has 36 valence electrons. The number of hydrogen-bond acceptors (Lipinski definition) is 4. The zero-order valence-electron chi connectivity index (χ0n) is 3.44. The van der Waals surface area contributed by atoms with E-state index in [1.165, 1.54) is 11.0 Å². The quantitative estimate of drug-likeness (QED) is 0.366.